The summed E-state index contributed by atoms with van der Waals surface area (Å²) in [5.41, 5.74) is 0.729. The summed E-state index contributed by atoms with van der Waals surface area (Å²) in [6.07, 6.45) is 5.08. The normalized spacial score (nSPS) is 11.8. The van der Waals surface area contributed by atoms with Crippen molar-refractivity contribution in [3.05, 3.63) is 28.5 Å². The first kappa shape index (κ1) is 16.0. The van der Waals surface area contributed by atoms with Crippen LogP contribution < -0.4 is 5.32 Å². The van der Waals surface area contributed by atoms with E-state index in [0.29, 0.717) is 11.7 Å². The SMILES string of the molecule is CCN(CC)CCNC(=O)C=Cc1c(Cl)nc2sccn12. The summed E-state index contributed by atoms with van der Waals surface area (Å²) in [5.74, 6) is -0.122. The zero-order chi connectivity index (χ0) is 15.2. The van der Waals surface area contributed by atoms with Gasteiger partial charge in [0.05, 0.1) is 5.69 Å². The summed E-state index contributed by atoms with van der Waals surface area (Å²) in [7, 11) is 0. The average Bonchev–Trinajstić information content (AvgIpc) is 3.02. The van der Waals surface area contributed by atoms with Crippen LogP contribution in [0.2, 0.25) is 5.15 Å². The predicted octanol–water partition coefficient (Wildman–Crippen LogP) is 2.52. The van der Waals surface area contributed by atoms with Crippen molar-refractivity contribution in [1.29, 1.82) is 0 Å². The van der Waals surface area contributed by atoms with Crippen molar-refractivity contribution in [2.75, 3.05) is 26.2 Å². The van der Waals surface area contributed by atoms with Gasteiger partial charge in [-0.1, -0.05) is 25.4 Å². The van der Waals surface area contributed by atoms with Crippen molar-refractivity contribution in [1.82, 2.24) is 19.6 Å². The second-order valence-electron chi connectivity index (χ2n) is 4.49. The number of rotatable bonds is 7. The summed E-state index contributed by atoms with van der Waals surface area (Å²) in [6, 6.07) is 0. The maximum atomic E-state index is 11.8. The maximum absolute atomic E-state index is 11.8. The van der Waals surface area contributed by atoms with Gasteiger partial charge in [0, 0.05) is 30.7 Å². The number of nitrogens with one attached hydrogen (secondary N) is 1. The van der Waals surface area contributed by atoms with Crippen molar-refractivity contribution in [3.63, 3.8) is 0 Å². The van der Waals surface area contributed by atoms with Crippen molar-refractivity contribution >= 4 is 39.9 Å². The number of hydrogen-bond acceptors (Lipinski definition) is 4. The third-order valence-electron chi connectivity index (χ3n) is 3.27. The molecule has 2 rings (SSSR count). The predicted molar refractivity (Wildman–Crippen MR) is 87.9 cm³/mol. The summed E-state index contributed by atoms with van der Waals surface area (Å²) in [5, 5.41) is 5.21. The van der Waals surface area contributed by atoms with E-state index >= 15 is 0 Å². The van der Waals surface area contributed by atoms with Crippen LogP contribution in [0.15, 0.2) is 17.7 Å². The van der Waals surface area contributed by atoms with Gasteiger partial charge in [-0.15, -0.1) is 11.3 Å². The molecule has 0 unspecified atom stereocenters. The zero-order valence-corrected chi connectivity index (χ0v) is 13.7. The molecule has 0 aromatic carbocycles. The molecular weight excluding hydrogens is 308 g/mol. The fraction of sp³-hybridized carbons (Fsp3) is 0.429. The first-order valence-corrected chi connectivity index (χ1v) is 8.20. The number of amides is 1. The lowest BCUT2D eigenvalue weighted by Gasteiger charge is -2.17. The molecule has 0 aliphatic heterocycles. The van der Waals surface area contributed by atoms with Gasteiger partial charge in [0.25, 0.3) is 0 Å². The number of nitrogens with zero attached hydrogens (tertiary/aromatic N) is 3. The monoisotopic (exact) mass is 326 g/mol. The first-order valence-electron chi connectivity index (χ1n) is 6.95. The van der Waals surface area contributed by atoms with E-state index in [1.807, 2.05) is 16.0 Å². The van der Waals surface area contributed by atoms with Crippen LogP contribution in [0.4, 0.5) is 0 Å². The molecular formula is C14H19ClN4OS. The molecule has 0 atom stereocenters. The number of fused-ring (bicyclic) bond motifs is 1. The summed E-state index contributed by atoms with van der Waals surface area (Å²) in [6.45, 7) is 7.69. The highest BCUT2D eigenvalue weighted by molar-refractivity contribution is 7.15. The Hall–Kier alpha value is -1.37. The summed E-state index contributed by atoms with van der Waals surface area (Å²) in [4.78, 5) is 19.1. The van der Waals surface area contributed by atoms with E-state index in [9.17, 15) is 4.79 Å². The lowest BCUT2D eigenvalue weighted by atomic mass is 10.4. The van der Waals surface area contributed by atoms with Crippen molar-refractivity contribution in [2.45, 2.75) is 13.8 Å². The van der Waals surface area contributed by atoms with Crippen LogP contribution in [0, 0.1) is 0 Å². The first-order chi connectivity index (χ1) is 10.2. The second kappa shape index (κ2) is 7.59. The van der Waals surface area contributed by atoms with Gasteiger partial charge >= 0.3 is 0 Å². The topological polar surface area (TPSA) is 49.6 Å². The van der Waals surface area contributed by atoms with E-state index in [0.717, 1.165) is 30.3 Å². The third kappa shape index (κ3) is 4.06. The van der Waals surface area contributed by atoms with Crippen LogP contribution in [-0.4, -0.2) is 46.4 Å². The lowest BCUT2D eigenvalue weighted by molar-refractivity contribution is -0.116. The largest absolute Gasteiger partial charge is 0.351 e. The van der Waals surface area contributed by atoms with Crippen LogP contribution >= 0.6 is 22.9 Å². The van der Waals surface area contributed by atoms with Crippen molar-refractivity contribution < 1.29 is 4.79 Å². The van der Waals surface area contributed by atoms with Crippen LogP contribution in [0.3, 0.4) is 0 Å². The minimum atomic E-state index is -0.122. The fourth-order valence-corrected chi connectivity index (χ4v) is 3.02. The molecule has 0 spiro atoms. The number of halogens is 1. The lowest BCUT2D eigenvalue weighted by Crippen LogP contribution is -2.34. The van der Waals surface area contributed by atoms with Crippen molar-refractivity contribution in [2.24, 2.45) is 0 Å². The number of carbonyl (C=O) groups is 1. The number of hydrogen-bond donors (Lipinski definition) is 1. The number of aromatic nitrogens is 2. The Kier molecular flexibility index (Phi) is 5.78. The molecule has 0 radical (unpaired) electrons. The molecule has 1 N–H and O–H groups in total. The molecule has 2 aromatic heterocycles. The Balaban J connectivity index is 1.90. The van der Waals surface area contributed by atoms with Crippen LogP contribution in [0.1, 0.15) is 19.5 Å². The number of carbonyl (C=O) groups excluding carboxylic acids is 1. The standard InChI is InChI=1S/C14H19ClN4OS/c1-3-18(4-2)8-7-16-12(20)6-5-11-13(15)17-14-19(11)9-10-21-14/h5-6,9-10H,3-4,7-8H2,1-2H3,(H,16,20). The molecule has 0 fully saturated rings. The van der Waals surface area contributed by atoms with Gasteiger partial charge in [-0.3, -0.25) is 9.20 Å². The van der Waals surface area contributed by atoms with Gasteiger partial charge in [0.1, 0.15) is 0 Å². The van der Waals surface area contributed by atoms with E-state index in [4.69, 9.17) is 11.6 Å². The van der Waals surface area contributed by atoms with Crippen molar-refractivity contribution in [3.8, 4) is 0 Å². The fourth-order valence-electron chi connectivity index (χ4n) is 2.02. The molecule has 2 heterocycles. The van der Waals surface area contributed by atoms with Crippen LogP contribution in [0.5, 0.6) is 0 Å². The summed E-state index contributed by atoms with van der Waals surface area (Å²) < 4.78 is 1.87. The minimum Gasteiger partial charge on any atom is -0.351 e. The third-order valence-corrected chi connectivity index (χ3v) is 4.30. The molecule has 0 aliphatic rings. The van der Waals surface area contributed by atoms with E-state index in [1.54, 1.807) is 6.08 Å². The van der Waals surface area contributed by atoms with E-state index in [-0.39, 0.29) is 5.91 Å². The van der Waals surface area contributed by atoms with E-state index < -0.39 is 0 Å². The smallest absolute Gasteiger partial charge is 0.244 e. The Bertz CT molecular complexity index is 630. The highest BCUT2D eigenvalue weighted by atomic mass is 35.5. The average molecular weight is 327 g/mol. The summed E-state index contributed by atoms with van der Waals surface area (Å²) >= 11 is 7.57. The van der Waals surface area contributed by atoms with E-state index in [2.05, 4.69) is 29.0 Å². The Morgan fingerprint density at radius 1 is 1.52 bits per heavy atom. The maximum Gasteiger partial charge on any atom is 0.244 e. The molecule has 0 bridgehead atoms. The van der Waals surface area contributed by atoms with E-state index in [1.165, 1.54) is 17.4 Å². The van der Waals surface area contributed by atoms with Gasteiger partial charge in [0.15, 0.2) is 10.1 Å². The van der Waals surface area contributed by atoms with Gasteiger partial charge in [-0.2, -0.15) is 0 Å². The molecule has 0 saturated heterocycles. The van der Waals surface area contributed by atoms with Gasteiger partial charge in [0.2, 0.25) is 5.91 Å². The molecule has 114 valence electrons. The molecule has 0 aliphatic carbocycles. The molecule has 0 saturated carbocycles. The van der Waals surface area contributed by atoms with Gasteiger partial charge in [-0.05, 0) is 19.2 Å². The molecule has 5 nitrogen and oxygen atoms in total. The Morgan fingerprint density at radius 3 is 3.00 bits per heavy atom. The highest BCUT2D eigenvalue weighted by Crippen LogP contribution is 2.22. The Labute approximate surface area is 133 Å². The molecule has 1 amide bonds. The van der Waals surface area contributed by atoms with Gasteiger partial charge in [-0.25, -0.2) is 4.98 Å². The number of likely N-dealkylation sites (N-methyl/N-ethyl adjacent to an activating group) is 1. The minimum absolute atomic E-state index is 0.122. The number of imidazole rings is 1. The highest BCUT2D eigenvalue weighted by Gasteiger charge is 2.08. The zero-order valence-electron chi connectivity index (χ0n) is 12.2. The second-order valence-corrected chi connectivity index (χ2v) is 5.73. The molecule has 7 heteroatoms. The Morgan fingerprint density at radius 2 is 2.29 bits per heavy atom. The van der Waals surface area contributed by atoms with Crippen LogP contribution in [0.25, 0.3) is 11.0 Å². The quantitative estimate of drug-likeness (QED) is 0.795. The molecule has 2 aromatic rings. The van der Waals surface area contributed by atoms with Gasteiger partial charge < -0.3 is 10.2 Å². The molecule has 21 heavy (non-hydrogen) atoms. The van der Waals surface area contributed by atoms with Crippen LogP contribution in [-0.2, 0) is 4.79 Å². The number of thiazole rings is 1.